The van der Waals surface area contributed by atoms with E-state index in [0.29, 0.717) is 12.1 Å². The number of likely N-dealkylation sites (tertiary alicyclic amines) is 1. The second-order valence-electron chi connectivity index (χ2n) is 6.42. The number of thiazole rings is 1. The van der Waals surface area contributed by atoms with E-state index >= 15 is 0 Å². The molecule has 0 radical (unpaired) electrons. The van der Waals surface area contributed by atoms with Crippen molar-refractivity contribution in [1.82, 2.24) is 9.88 Å². The van der Waals surface area contributed by atoms with Crippen molar-refractivity contribution >= 4 is 27.5 Å². The smallest absolute Gasteiger partial charge is 0.387 e. The van der Waals surface area contributed by atoms with Crippen LogP contribution in [0.2, 0.25) is 0 Å². The monoisotopic (exact) mass is 404 g/mol. The molecule has 0 N–H and O–H groups in total. The van der Waals surface area contributed by atoms with Crippen LogP contribution < -0.4 is 9.47 Å². The van der Waals surface area contributed by atoms with Gasteiger partial charge in [-0.15, -0.1) is 11.3 Å². The van der Waals surface area contributed by atoms with E-state index in [1.54, 1.807) is 16.2 Å². The normalized spacial score (nSPS) is 16.7. The molecule has 1 fully saturated rings. The number of fused-ring (bicyclic) bond motifs is 1. The first kappa shape index (κ1) is 18.6. The molecule has 146 valence electrons. The summed E-state index contributed by atoms with van der Waals surface area (Å²) in [7, 11) is 1.35. The predicted molar refractivity (Wildman–Crippen MR) is 102 cm³/mol. The maximum atomic E-state index is 13.1. The number of hydrogen-bond donors (Lipinski definition) is 0. The number of alkyl halides is 2. The summed E-state index contributed by atoms with van der Waals surface area (Å²) in [4.78, 5) is 19.6. The zero-order chi connectivity index (χ0) is 19.7. The molecule has 1 atom stereocenters. The summed E-state index contributed by atoms with van der Waals surface area (Å²) in [6.45, 7) is -2.34. The number of methoxy groups -OCH3 is 1. The van der Waals surface area contributed by atoms with Crippen molar-refractivity contribution in [2.45, 2.75) is 25.5 Å². The van der Waals surface area contributed by atoms with Gasteiger partial charge in [-0.25, -0.2) is 4.98 Å². The molecule has 1 aromatic heterocycles. The molecule has 1 aliphatic heterocycles. The molecule has 28 heavy (non-hydrogen) atoms. The Kier molecular flexibility index (Phi) is 5.13. The first-order chi connectivity index (χ1) is 13.6. The maximum absolute atomic E-state index is 13.1. The number of hydrogen-bond acceptors (Lipinski definition) is 5. The second-order valence-corrected chi connectivity index (χ2v) is 7.48. The van der Waals surface area contributed by atoms with E-state index < -0.39 is 6.61 Å². The highest BCUT2D eigenvalue weighted by molar-refractivity contribution is 7.18. The van der Waals surface area contributed by atoms with Gasteiger partial charge in [-0.2, -0.15) is 8.78 Å². The molecule has 0 bridgehead atoms. The van der Waals surface area contributed by atoms with Crippen molar-refractivity contribution in [3.63, 3.8) is 0 Å². The van der Waals surface area contributed by atoms with Crippen LogP contribution in [0.25, 0.3) is 10.2 Å². The Morgan fingerprint density at radius 3 is 2.82 bits per heavy atom. The van der Waals surface area contributed by atoms with Gasteiger partial charge >= 0.3 is 6.61 Å². The molecule has 0 saturated carbocycles. The van der Waals surface area contributed by atoms with Crippen LogP contribution in [-0.2, 0) is 0 Å². The quantitative estimate of drug-likeness (QED) is 0.608. The Hall–Kier alpha value is -2.74. The largest absolute Gasteiger partial charge is 0.493 e. The van der Waals surface area contributed by atoms with E-state index in [0.717, 1.165) is 28.1 Å². The highest BCUT2D eigenvalue weighted by atomic mass is 32.1. The Labute approximate surface area is 164 Å². The number of carbonyl (C=O) groups excluding carboxylic acids is 1. The number of benzene rings is 2. The highest BCUT2D eigenvalue weighted by Crippen LogP contribution is 2.38. The van der Waals surface area contributed by atoms with Crippen LogP contribution in [0.3, 0.4) is 0 Å². The van der Waals surface area contributed by atoms with Gasteiger partial charge in [0.25, 0.3) is 5.91 Å². The number of halogens is 2. The topological polar surface area (TPSA) is 51.7 Å². The Morgan fingerprint density at radius 2 is 2.07 bits per heavy atom. The average Bonchev–Trinajstić information content (AvgIpc) is 3.33. The average molecular weight is 404 g/mol. The van der Waals surface area contributed by atoms with Crippen molar-refractivity contribution in [2.24, 2.45) is 0 Å². The molecule has 2 heterocycles. The van der Waals surface area contributed by atoms with Gasteiger partial charge in [0.1, 0.15) is 5.01 Å². The standard InChI is InChI=1S/C20H18F2N2O3S/c1-26-16-11-12(8-9-15(16)27-20(21)22)19(25)24-10-4-6-14(24)18-23-13-5-2-3-7-17(13)28-18/h2-3,5,7-9,11,14,20H,4,6,10H2,1H3. The maximum Gasteiger partial charge on any atom is 0.387 e. The lowest BCUT2D eigenvalue weighted by Crippen LogP contribution is -2.30. The third-order valence-corrected chi connectivity index (χ3v) is 5.87. The zero-order valence-corrected chi connectivity index (χ0v) is 15.9. The van der Waals surface area contributed by atoms with Gasteiger partial charge < -0.3 is 14.4 Å². The number of amides is 1. The molecule has 1 saturated heterocycles. The summed E-state index contributed by atoms with van der Waals surface area (Å²) in [5.41, 5.74) is 1.29. The van der Waals surface area contributed by atoms with Crippen molar-refractivity contribution in [1.29, 1.82) is 0 Å². The molecule has 5 nitrogen and oxygen atoms in total. The first-order valence-electron chi connectivity index (χ1n) is 8.86. The molecule has 0 spiro atoms. The molecule has 3 aromatic rings. The molecule has 8 heteroatoms. The second kappa shape index (κ2) is 7.71. The van der Waals surface area contributed by atoms with Crippen LogP contribution in [0.15, 0.2) is 42.5 Å². The summed E-state index contributed by atoms with van der Waals surface area (Å²) in [5.74, 6) is -0.177. The van der Waals surface area contributed by atoms with Crippen molar-refractivity contribution in [3.8, 4) is 11.5 Å². The van der Waals surface area contributed by atoms with E-state index in [4.69, 9.17) is 9.72 Å². The SMILES string of the molecule is COc1cc(C(=O)N2CCCC2c2nc3ccccc3s2)ccc1OC(F)F. The number of rotatable bonds is 5. The lowest BCUT2D eigenvalue weighted by atomic mass is 10.1. The molecule has 1 aliphatic rings. The van der Waals surface area contributed by atoms with Gasteiger partial charge in [-0.05, 0) is 43.2 Å². The Morgan fingerprint density at radius 1 is 1.25 bits per heavy atom. The van der Waals surface area contributed by atoms with Gasteiger partial charge in [-0.1, -0.05) is 12.1 Å². The zero-order valence-electron chi connectivity index (χ0n) is 15.1. The minimum Gasteiger partial charge on any atom is -0.493 e. The minimum atomic E-state index is -2.96. The van der Waals surface area contributed by atoms with Crippen LogP contribution in [0.1, 0.15) is 34.2 Å². The lowest BCUT2D eigenvalue weighted by Gasteiger charge is -2.23. The fraction of sp³-hybridized carbons (Fsp3) is 0.300. The van der Waals surface area contributed by atoms with Crippen LogP contribution >= 0.6 is 11.3 Å². The summed E-state index contributed by atoms with van der Waals surface area (Å²) in [5, 5.41) is 0.914. The number of ether oxygens (including phenoxy) is 2. The number of aromatic nitrogens is 1. The fourth-order valence-electron chi connectivity index (χ4n) is 3.46. The van der Waals surface area contributed by atoms with Crippen LogP contribution in [0, 0.1) is 0 Å². The Balaban J connectivity index is 1.61. The van der Waals surface area contributed by atoms with E-state index in [1.165, 1.54) is 25.3 Å². The van der Waals surface area contributed by atoms with Crippen LogP contribution in [0.4, 0.5) is 8.78 Å². The summed E-state index contributed by atoms with van der Waals surface area (Å²) < 4.78 is 35.6. The van der Waals surface area contributed by atoms with Gasteiger partial charge in [0.15, 0.2) is 11.5 Å². The lowest BCUT2D eigenvalue weighted by molar-refractivity contribution is -0.0512. The van der Waals surface area contributed by atoms with Gasteiger partial charge in [0.2, 0.25) is 0 Å². The predicted octanol–water partition coefficient (Wildman–Crippen LogP) is 4.88. The molecule has 2 aromatic carbocycles. The summed E-state index contributed by atoms with van der Waals surface area (Å²) >= 11 is 1.59. The number of para-hydroxylation sites is 1. The molecule has 4 rings (SSSR count). The van der Waals surface area contributed by atoms with Crippen molar-refractivity contribution in [2.75, 3.05) is 13.7 Å². The van der Waals surface area contributed by atoms with Crippen molar-refractivity contribution in [3.05, 3.63) is 53.0 Å². The molecular formula is C20H18F2N2O3S. The number of carbonyl (C=O) groups is 1. The third-order valence-electron chi connectivity index (χ3n) is 4.74. The van der Waals surface area contributed by atoms with Crippen LogP contribution in [0.5, 0.6) is 11.5 Å². The van der Waals surface area contributed by atoms with Crippen molar-refractivity contribution < 1.29 is 23.0 Å². The summed E-state index contributed by atoms with van der Waals surface area (Å²) in [6, 6.07) is 12.1. The molecule has 1 unspecified atom stereocenters. The molecule has 1 amide bonds. The number of nitrogens with zero attached hydrogens (tertiary/aromatic N) is 2. The van der Waals surface area contributed by atoms with Gasteiger partial charge in [0.05, 0.1) is 23.4 Å². The highest BCUT2D eigenvalue weighted by Gasteiger charge is 2.33. The first-order valence-corrected chi connectivity index (χ1v) is 9.68. The Bertz CT molecular complexity index is 975. The fourth-order valence-corrected chi connectivity index (χ4v) is 4.57. The third kappa shape index (κ3) is 3.52. The minimum absolute atomic E-state index is 0.0899. The molecular weight excluding hydrogens is 386 g/mol. The van der Waals surface area contributed by atoms with Crippen LogP contribution in [-0.4, -0.2) is 36.1 Å². The van der Waals surface area contributed by atoms with Gasteiger partial charge in [-0.3, -0.25) is 4.79 Å². The summed E-state index contributed by atoms with van der Waals surface area (Å²) in [6.07, 6.45) is 1.73. The molecule has 0 aliphatic carbocycles. The van der Waals surface area contributed by atoms with E-state index in [1.807, 2.05) is 24.3 Å². The van der Waals surface area contributed by atoms with Gasteiger partial charge in [0, 0.05) is 12.1 Å². The van der Waals surface area contributed by atoms with E-state index in [9.17, 15) is 13.6 Å². The van der Waals surface area contributed by atoms with E-state index in [-0.39, 0.29) is 23.4 Å². The van der Waals surface area contributed by atoms with E-state index in [2.05, 4.69) is 4.74 Å².